The van der Waals surface area contributed by atoms with Gasteiger partial charge in [0.15, 0.2) is 0 Å². The van der Waals surface area contributed by atoms with Gasteiger partial charge in [0, 0.05) is 6.92 Å². The lowest BCUT2D eigenvalue weighted by atomic mass is 10.8. The Morgan fingerprint density at radius 3 is 1.60 bits per heavy atom. The molecule has 0 aromatic heterocycles. The highest BCUT2D eigenvalue weighted by atomic mass is 19.3. The molecule has 0 saturated heterocycles. The van der Waals surface area contributed by atoms with E-state index < -0.39 is 6.11 Å². The van der Waals surface area contributed by atoms with Gasteiger partial charge in [-0.1, -0.05) is 0 Å². The molecule has 0 spiro atoms. The Balaban J connectivity index is 3.02. The predicted molar refractivity (Wildman–Crippen MR) is 12.5 cm³/mol. The van der Waals surface area contributed by atoms with Crippen molar-refractivity contribution in [3.8, 4) is 0 Å². The average molecular weight is 81.0 g/mol. The third kappa shape index (κ3) is 391. The zero-order chi connectivity index (χ0) is 4.50. The van der Waals surface area contributed by atoms with Crippen molar-refractivity contribution < 1.29 is 13.9 Å². The first-order chi connectivity index (χ1) is 2.00. The minimum Gasteiger partial charge on any atom is -0.336 e. The lowest BCUT2D eigenvalue weighted by molar-refractivity contribution is -0.157. The van der Waals surface area contributed by atoms with Crippen LogP contribution in [0.3, 0.4) is 0 Å². The van der Waals surface area contributed by atoms with Crippen LogP contribution >= 0.6 is 0 Å². The van der Waals surface area contributed by atoms with Crippen LogP contribution in [0.25, 0.3) is 0 Å². The standard InChI is InChI=1S/C2H3F2O/c1-2(3,4)5/h5H,1H2. The molecule has 1 N–H and O–H groups in total. The van der Waals surface area contributed by atoms with Gasteiger partial charge in [0.2, 0.25) is 0 Å². The largest absolute Gasteiger partial charge is 0.353 e. The normalized spacial score (nSPS) is 12.0. The van der Waals surface area contributed by atoms with Crippen molar-refractivity contribution in [1.82, 2.24) is 0 Å². The van der Waals surface area contributed by atoms with Gasteiger partial charge in [-0.2, -0.15) is 8.78 Å². The van der Waals surface area contributed by atoms with Gasteiger partial charge in [0.05, 0.1) is 0 Å². The number of aliphatic hydroxyl groups is 1. The Morgan fingerprint density at radius 2 is 1.60 bits per heavy atom. The monoisotopic (exact) mass is 81.0 g/mol. The van der Waals surface area contributed by atoms with Crippen LogP contribution < -0.4 is 0 Å². The van der Waals surface area contributed by atoms with Gasteiger partial charge < -0.3 is 5.11 Å². The molecule has 0 amide bonds. The zero-order valence-electron chi connectivity index (χ0n) is 2.41. The number of hydrogen-bond donors (Lipinski definition) is 1. The molecule has 0 heterocycles. The van der Waals surface area contributed by atoms with Crippen LogP contribution in [0.15, 0.2) is 0 Å². The Hall–Kier alpha value is -0.180. The third-order valence-electron chi connectivity index (χ3n) is 0. The van der Waals surface area contributed by atoms with E-state index in [1.807, 2.05) is 6.92 Å². The molecule has 0 rings (SSSR count). The van der Waals surface area contributed by atoms with Crippen molar-refractivity contribution in [1.29, 1.82) is 0 Å². The van der Waals surface area contributed by atoms with Crippen LogP contribution in [-0.4, -0.2) is 11.2 Å². The van der Waals surface area contributed by atoms with Gasteiger partial charge in [-0.25, -0.2) is 0 Å². The van der Waals surface area contributed by atoms with Crippen molar-refractivity contribution >= 4 is 0 Å². The minimum absolute atomic E-state index is 1.99. The SMILES string of the molecule is [CH2]C(O)(F)F. The maximum absolute atomic E-state index is 10.5. The summed E-state index contributed by atoms with van der Waals surface area (Å²) >= 11 is 0. The van der Waals surface area contributed by atoms with Gasteiger partial charge >= 0.3 is 6.11 Å². The molecule has 0 aliphatic carbocycles. The summed E-state index contributed by atoms with van der Waals surface area (Å²) in [4.78, 5) is 0. The lowest BCUT2D eigenvalue weighted by Gasteiger charge is -1.92. The predicted octanol–water partition coefficient (Wildman–Crippen LogP) is 0.406. The van der Waals surface area contributed by atoms with Gasteiger partial charge in [0.1, 0.15) is 0 Å². The number of halogens is 2. The highest BCUT2D eigenvalue weighted by molar-refractivity contribution is 4.44. The first-order valence-corrected chi connectivity index (χ1v) is 0.955. The van der Waals surface area contributed by atoms with Crippen LogP contribution in [0.2, 0.25) is 0 Å². The molecule has 0 aromatic rings. The fraction of sp³-hybridized carbons (Fsp3) is 0.500. The minimum atomic E-state index is -3.75. The van der Waals surface area contributed by atoms with Crippen molar-refractivity contribution in [2.45, 2.75) is 6.11 Å². The summed E-state index contributed by atoms with van der Waals surface area (Å²) in [5.41, 5.74) is 0. The fourth-order valence-electron chi connectivity index (χ4n) is 0. The van der Waals surface area contributed by atoms with Crippen LogP contribution in [0.4, 0.5) is 8.78 Å². The summed E-state index contributed by atoms with van der Waals surface area (Å²) in [6, 6.07) is 0. The highest BCUT2D eigenvalue weighted by Gasteiger charge is 2.12. The third-order valence-corrected chi connectivity index (χ3v) is 0. The van der Waals surface area contributed by atoms with E-state index in [0.29, 0.717) is 0 Å². The molecule has 0 aliphatic rings. The summed E-state index contributed by atoms with van der Waals surface area (Å²) in [5.74, 6) is 0. The average Bonchev–Trinajstić information content (AvgIpc) is 0.722. The summed E-state index contributed by atoms with van der Waals surface area (Å²) in [7, 11) is 0. The summed E-state index contributed by atoms with van der Waals surface area (Å²) in [6.45, 7) is 1.99. The molecule has 3 heteroatoms. The summed E-state index contributed by atoms with van der Waals surface area (Å²) in [5, 5.41) is 7.08. The molecular weight excluding hydrogens is 78.0 g/mol. The maximum Gasteiger partial charge on any atom is 0.353 e. The Kier molecular flexibility index (Phi) is 0.865. The molecule has 0 fully saturated rings. The molecule has 0 aromatic carbocycles. The second kappa shape index (κ2) is 0.897. The number of hydrogen-bond acceptors (Lipinski definition) is 1. The van der Waals surface area contributed by atoms with Crippen molar-refractivity contribution in [2.24, 2.45) is 0 Å². The maximum atomic E-state index is 10.5. The first kappa shape index (κ1) is 4.82. The number of alkyl halides is 2. The smallest absolute Gasteiger partial charge is 0.336 e. The molecule has 0 saturated carbocycles. The van der Waals surface area contributed by atoms with E-state index in [4.69, 9.17) is 5.11 Å². The van der Waals surface area contributed by atoms with Gasteiger partial charge in [-0.15, -0.1) is 0 Å². The molecule has 0 unspecified atom stereocenters. The molecule has 0 bridgehead atoms. The molecule has 0 atom stereocenters. The fourth-order valence-corrected chi connectivity index (χ4v) is 0. The second-order valence-electron chi connectivity index (χ2n) is 0.666. The quantitative estimate of drug-likeness (QED) is 0.447. The van der Waals surface area contributed by atoms with E-state index in [0.717, 1.165) is 0 Å². The van der Waals surface area contributed by atoms with Crippen LogP contribution in [-0.2, 0) is 0 Å². The van der Waals surface area contributed by atoms with E-state index in [1.54, 1.807) is 0 Å². The van der Waals surface area contributed by atoms with E-state index in [2.05, 4.69) is 0 Å². The van der Waals surface area contributed by atoms with E-state index >= 15 is 0 Å². The Morgan fingerprint density at radius 1 is 1.60 bits per heavy atom. The van der Waals surface area contributed by atoms with E-state index in [9.17, 15) is 8.78 Å². The van der Waals surface area contributed by atoms with Gasteiger partial charge in [-0.05, 0) is 0 Å². The van der Waals surface area contributed by atoms with Crippen LogP contribution in [0.5, 0.6) is 0 Å². The molecule has 0 aliphatic heterocycles. The molecule has 1 nitrogen and oxygen atoms in total. The van der Waals surface area contributed by atoms with E-state index in [-0.39, 0.29) is 0 Å². The topological polar surface area (TPSA) is 20.2 Å². The Labute approximate surface area is 28.2 Å². The van der Waals surface area contributed by atoms with Crippen molar-refractivity contribution in [3.05, 3.63) is 6.92 Å². The summed E-state index contributed by atoms with van der Waals surface area (Å²) in [6.07, 6.45) is -3.75. The van der Waals surface area contributed by atoms with Crippen LogP contribution in [0, 0.1) is 6.92 Å². The number of rotatable bonds is 0. The first-order valence-electron chi connectivity index (χ1n) is 0.955. The molecule has 1 radical (unpaired) electrons. The molecule has 5 heavy (non-hydrogen) atoms. The van der Waals surface area contributed by atoms with Crippen LogP contribution in [0.1, 0.15) is 0 Å². The van der Waals surface area contributed by atoms with Crippen molar-refractivity contribution in [3.63, 3.8) is 0 Å². The lowest BCUT2D eigenvalue weighted by Crippen LogP contribution is -2.05. The molecule has 31 valence electrons. The van der Waals surface area contributed by atoms with Gasteiger partial charge in [0.25, 0.3) is 0 Å². The summed E-state index contributed by atoms with van der Waals surface area (Å²) < 4.78 is 20.9. The highest BCUT2D eigenvalue weighted by Crippen LogP contribution is 2.01. The zero-order valence-corrected chi connectivity index (χ0v) is 2.41. The molecular formula is C2H3F2O. The van der Waals surface area contributed by atoms with Gasteiger partial charge in [-0.3, -0.25) is 0 Å². The second-order valence-corrected chi connectivity index (χ2v) is 0.666. The van der Waals surface area contributed by atoms with E-state index in [1.165, 1.54) is 0 Å². The Bertz CT molecular complexity index is 23.1. The van der Waals surface area contributed by atoms with Crippen molar-refractivity contribution in [2.75, 3.05) is 0 Å².